The van der Waals surface area contributed by atoms with E-state index >= 15 is 0 Å². The maximum Gasteiger partial charge on any atom is 0.0558 e. The molecule has 2 heterocycles. The molecule has 1 aromatic heterocycles. The summed E-state index contributed by atoms with van der Waals surface area (Å²) < 4.78 is 2.03. The van der Waals surface area contributed by atoms with Gasteiger partial charge in [0.1, 0.15) is 0 Å². The first-order valence-electron chi connectivity index (χ1n) is 6.64. The van der Waals surface area contributed by atoms with E-state index in [0.29, 0.717) is 12.0 Å². The monoisotopic (exact) mass is 236 g/mol. The van der Waals surface area contributed by atoms with Crippen LogP contribution in [-0.2, 0) is 7.05 Å². The van der Waals surface area contributed by atoms with E-state index in [2.05, 4.69) is 28.3 Å². The zero-order chi connectivity index (χ0) is 12.3. The van der Waals surface area contributed by atoms with Crippen LogP contribution in [0.3, 0.4) is 0 Å². The summed E-state index contributed by atoms with van der Waals surface area (Å²) in [5.41, 5.74) is 1.36. The molecule has 1 aromatic rings. The number of hydrogen-bond donors (Lipinski definition) is 1. The molecule has 96 valence electrons. The average Bonchev–Trinajstić information content (AvgIpc) is 2.87. The molecule has 0 spiro atoms. The maximum absolute atomic E-state index is 4.32. The Balaban J connectivity index is 2.20. The third-order valence-electron chi connectivity index (χ3n) is 3.77. The maximum atomic E-state index is 4.32. The summed E-state index contributed by atoms with van der Waals surface area (Å²) >= 11 is 0. The lowest BCUT2D eigenvalue weighted by Gasteiger charge is -2.28. The normalized spacial score (nSPS) is 25.6. The number of rotatable bonds is 5. The smallest absolute Gasteiger partial charge is 0.0558 e. The number of nitrogens with zero attached hydrogens (tertiary/aromatic N) is 3. The van der Waals surface area contributed by atoms with Crippen molar-refractivity contribution in [3.63, 3.8) is 0 Å². The van der Waals surface area contributed by atoms with E-state index in [1.54, 1.807) is 0 Å². The highest BCUT2D eigenvalue weighted by Gasteiger charge is 2.35. The number of nitrogens with one attached hydrogen (secondary N) is 1. The minimum Gasteiger partial charge on any atom is -0.319 e. The quantitative estimate of drug-likeness (QED) is 0.839. The summed E-state index contributed by atoms with van der Waals surface area (Å²) in [6.07, 6.45) is 4.42. The van der Waals surface area contributed by atoms with Crippen molar-refractivity contribution in [2.24, 2.45) is 13.0 Å². The van der Waals surface area contributed by atoms with Crippen LogP contribution in [0.5, 0.6) is 0 Å². The Morgan fingerprint density at radius 3 is 2.94 bits per heavy atom. The average molecular weight is 236 g/mol. The van der Waals surface area contributed by atoms with E-state index in [4.69, 9.17) is 0 Å². The fourth-order valence-electron chi connectivity index (χ4n) is 3.04. The molecule has 4 heteroatoms. The Bertz CT molecular complexity index is 333. The van der Waals surface area contributed by atoms with E-state index < -0.39 is 0 Å². The molecule has 1 aliphatic heterocycles. The van der Waals surface area contributed by atoms with Crippen LogP contribution in [0.15, 0.2) is 12.3 Å². The highest BCUT2D eigenvalue weighted by molar-refractivity contribution is 5.11. The number of aromatic nitrogens is 2. The fraction of sp³-hybridized carbons (Fsp3) is 0.769. The van der Waals surface area contributed by atoms with Gasteiger partial charge < -0.3 is 5.32 Å². The zero-order valence-corrected chi connectivity index (χ0v) is 11.2. The van der Waals surface area contributed by atoms with Gasteiger partial charge in [-0.25, -0.2) is 0 Å². The van der Waals surface area contributed by atoms with Crippen molar-refractivity contribution in [1.82, 2.24) is 20.0 Å². The summed E-state index contributed by atoms with van der Waals surface area (Å²) in [6, 6.07) is 2.70. The van der Waals surface area contributed by atoms with Gasteiger partial charge in [-0.05, 0) is 51.5 Å². The van der Waals surface area contributed by atoms with Crippen molar-refractivity contribution in [2.75, 3.05) is 26.7 Å². The van der Waals surface area contributed by atoms with Crippen LogP contribution >= 0.6 is 0 Å². The van der Waals surface area contributed by atoms with Gasteiger partial charge in [0.2, 0.25) is 0 Å². The molecule has 0 bridgehead atoms. The molecular weight excluding hydrogens is 212 g/mol. The molecule has 4 nitrogen and oxygen atoms in total. The van der Waals surface area contributed by atoms with Crippen molar-refractivity contribution >= 4 is 0 Å². The number of hydrogen-bond acceptors (Lipinski definition) is 3. The van der Waals surface area contributed by atoms with Crippen molar-refractivity contribution < 1.29 is 0 Å². The highest BCUT2D eigenvalue weighted by Crippen LogP contribution is 2.36. The van der Waals surface area contributed by atoms with Crippen LogP contribution in [0.25, 0.3) is 0 Å². The Morgan fingerprint density at radius 2 is 2.35 bits per heavy atom. The lowest BCUT2D eigenvalue weighted by molar-refractivity contribution is 0.217. The number of likely N-dealkylation sites (tertiary alicyclic amines) is 1. The molecule has 1 aliphatic rings. The van der Waals surface area contributed by atoms with Crippen molar-refractivity contribution in [3.8, 4) is 0 Å². The fourth-order valence-corrected chi connectivity index (χ4v) is 3.04. The summed E-state index contributed by atoms with van der Waals surface area (Å²) in [6.45, 7) is 5.76. The second-order valence-corrected chi connectivity index (χ2v) is 4.97. The molecule has 2 unspecified atom stereocenters. The Kier molecular flexibility index (Phi) is 4.18. The Labute approximate surface area is 104 Å². The van der Waals surface area contributed by atoms with Crippen LogP contribution in [0, 0.1) is 5.92 Å². The molecule has 0 radical (unpaired) electrons. The predicted molar refractivity (Wildman–Crippen MR) is 69.8 cm³/mol. The van der Waals surface area contributed by atoms with Gasteiger partial charge in [0.25, 0.3) is 0 Å². The Hall–Kier alpha value is -0.870. The molecule has 0 saturated carbocycles. The standard InChI is InChI=1S/C13H24N4/c1-4-8-17-9-6-11(10-14-2)13(17)12-5-7-15-16(12)3/h5,7,11,13-14H,4,6,8-10H2,1-3H3. The molecular formula is C13H24N4. The minimum atomic E-state index is 0.537. The molecule has 0 aliphatic carbocycles. The SMILES string of the molecule is CCCN1CCC(CNC)C1c1ccnn1C. The molecule has 1 N–H and O–H groups in total. The minimum absolute atomic E-state index is 0.537. The number of aryl methyl sites for hydroxylation is 1. The lowest BCUT2D eigenvalue weighted by Crippen LogP contribution is -2.31. The van der Waals surface area contributed by atoms with Crippen LogP contribution in [0.1, 0.15) is 31.5 Å². The van der Waals surface area contributed by atoms with Gasteiger partial charge in [0.05, 0.1) is 11.7 Å². The van der Waals surface area contributed by atoms with Gasteiger partial charge in [-0.15, -0.1) is 0 Å². The van der Waals surface area contributed by atoms with Crippen LogP contribution in [0.2, 0.25) is 0 Å². The highest BCUT2D eigenvalue weighted by atomic mass is 15.3. The second-order valence-electron chi connectivity index (χ2n) is 4.97. The first kappa shape index (κ1) is 12.6. The first-order chi connectivity index (χ1) is 8.27. The molecule has 2 rings (SSSR count). The van der Waals surface area contributed by atoms with E-state index in [0.717, 1.165) is 6.54 Å². The molecule has 1 saturated heterocycles. The molecule has 0 aromatic carbocycles. The summed E-state index contributed by atoms with van der Waals surface area (Å²) in [5, 5.41) is 7.65. The van der Waals surface area contributed by atoms with Gasteiger partial charge in [0, 0.05) is 13.2 Å². The van der Waals surface area contributed by atoms with Crippen molar-refractivity contribution in [2.45, 2.75) is 25.8 Å². The zero-order valence-electron chi connectivity index (χ0n) is 11.2. The van der Waals surface area contributed by atoms with Gasteiger partial charge in [0.15, 0.2) is 0 Å². The largest absolute Gasteiger partial charge is 0.319 e. The third kappa shape index (κ3) is 2.53. The topological polar surface area (TPSA) is 33.1 Å². The first-order valence-corrected chi connectivity index (χ1v) is 6.64. The molecule has 17 heavy (non-hydrogen) atoms. The van der Waals surface area contributed by atoms with E-state index in [1.807, 2.05) is 25.0 Å². The summed E-state index contributed by atoms with van der Waals surface area (Å²) in [4.78, 5) is 2.61. The Morgan fingerprint density at radius 1 is 1.53 bits per heavy atom. The van der Waals surface area contributed by atoms with E-state index in [1.165, 1.54) is 31.6 Å². The second kappa shape index (κ2) is 5.65. The van der Waals surface area contributed by atoms with Crippen molar-refractivity contribution in [1.29, 1.82) is 0 Å². The van der Waals surface area contributed by atoms with Crippen molar-refractivity contribution in [3.05, 3.63) is 18.0 Å². The van der Waals surface area contributed by atoms with Crippen LogP contribution in [-0.4, -0.2) is 41.4 Å². The summed E-state index contributed by atoms with van der Waals surface area (Å²) in [5.74, 6) is 0.710. The van der Waals surface area contributed by atoms with Gasteiger partial charge in [-0.2, -0.15) is 5.10 Å². The molecule has 0 amide bonds. The summed E-state index contributed by atoms with van der Waals surface area (Å²) in [7, 11) is 4.09. The van der Waals surface area contributed by atoms with Crippen LogP contribution < -0.4 is 5.32 Å². The van der Waals surface area contributed by atoms with Gasteiger partial charge >= 0.3 is 0 Å². The third-order valence-corrected chi connectivity index (χ3v) is 3.77. The molecule has 1 fully saturated rings. The van der Waals surface area contributed by atoms with E-state index in [9.17, 15) is 0 Å². The lowest BCUT2D eigenvalue weighted by atomic mass is 9.97. The van der Waals surface area contributed by atoms with E-state index in [-0.39, 0.29) is 0 Å². The molecule has 2 atom stereocenters. The van der Waals surface area contributed by atoms with Crippen LogP contribution in [0.4, 0.5) is 0 Å². The van der Waals surface area contributed by atoms with Gasteiger partial charge in [-0.3, -0.25) is 9.58 Å². The predicted octanol–water partition coefficient (Wildman–Crippen LogP) is 1.41. The van der Waals surface area contributed by atoms with Gasteiger partial charge in [-0.1, -0.05) is 6.92 Å².